The molecular formula is C13H22N4O2S. The molecule has 1 aliphatic rings. The quantitative estimate of drug-likeness (QED) is 0.841. The van der Waals surface area contributed by atoms with Gasteiger partial charge in [0.25, 0.3) is 0 Å². The van der Waals surface area contributed by atoms with E-state index in [4.69, 9.17) is 5.11 Å². The van der Waals surface area contributed by atoms with Crippen LogP contribution in [0.4, 0.5) is 5.95 Å². The maximum Gasteiger partial charge on any atom is 0.313 e. The number of carboxylic acid groups (broad SMARTS) is 1. The molecule has 20 heavy (non-hydrogen) atoms. The summed E-state index contributed by atoms with van der Waals surface area (Å²) in [5, 5.41) is 18.0. The number of nitrogens with zero attached hydrogens (tertiary/aromatic N) is 4. The summed E-state index contributed by atoms with van der Waals surface area (Å²) in [6, 6.07) is 0.216. The molecule has 0 radical (unpaired) electrons. The van der Waals surface area contributed by atoms with Gasteiger partial charge in [0.2, 0.25) is 5.95 Å². The molecule has 7 heteroatoms. The van der Waals surface area contributed by atoms with E-state index in [1.54, 1.807) is 0 Å². The monoisotopic (exact) mass is 298 g/mol. The Morgan fingerprint density at radius 1 is 1.50 bits per heavy atom. The van der Waals surface area contributed by atoms with Crippen LogP contribution in [0.1, 0.15) is 39.7 Å². The fraction of sp³-hybridized carbons (Fsp3) is 0.769. The van der Waals surface area contributed by atoms with E-state index < -0.39 is 5.97 Å². The molecule has 1 N–H and O–H groups in total. The molecule has 0 aliphatic carbocycles. The maximum atomic E-state index is 10.7. The van der Waals surface area contributed by atoms with Crippen LogP contribution in [0, 0.1) is 5.92 Å². The van der Waals surface area contributed by atoms with Crippen LogP contribution in [0.15, 0.2) is 5.16 Å². The summed E-state index contributed by atoms with van der Waals surface area (Å²) >= 11 is 1.23. The second kappa shape index (κ2) is 6.47. The first-order chi connectivity index (χ1) is 9.49. The molecular weight excluding hydrogens is 276 g/mol. The summed E-state index contributed by atoms with van der Waals surface area (Å²) < 4.78 is 2.05. The number of aliphatic carboxylic acids is 1. The number of rotatable bonds is 5. The van der Waals surface area contributed by atoms with Crippen molar-refractivity contribution in [3.05, 3.63) is 0 Å². The number of hydrogen-bond donors (Lipinski definition) is 1. The molecule has 1 fully saturated rings. The normalized spacial score (nSPS) is 19.6. The second-order valence-electron chi connectivity index (χ2n) is 5.62. The predicted molar refractivity (Wildman–Crippen MR) is 79.4 cm³/mol. The molecule has 0 amide bonds. The van der Waals surface area contributed by atoms with Crippen molar-refractivity contribution in [1.82, 2.24) is 14.8 Å². The Hall–Kier alpha value is -1.24. The SMILES string of the molecule is CC1CCCN(c2nnc(SCC(=O)O)n2C(C)C)C1. The largest absolute Gasteiger partial charge is 0.481 e. The number of anilines is 1. The zero-order valence-electron chi connectivity index (χ0n) is 12.2. The zero-order chi connectivity index (χ0) is 14.7. The van der Waals surface area contributed by atoms with Crippen molar-refractivity contribution in [2.75, 3.05) is 23.7 Å². The van der Waals surface area contributed by atoms with Gasteiger partial charge in [-0.1, -0.05) is 18.7 Å². The third-order valence-corrected chi connectivity index (χ3v) is 4.36. The molecule has 2 heterocycles. The smallest absolute Gasteiger partial charge is 0.313 e. The van der Waals surface area contributed by atoms with Crippen LogP contribution >= 0.6 is 11.8 Å². The van der Waals surface area contributed by atoms with E-state index >= 15 is 0 Å². The lowest BCUT2D eigenvalue weighted by Gasteiger charge is -2.32. The first-order valence-corrected chi connectivity index (χ1v) is 8.02. The first-order valence-electron chi connectivity index (χ1n) is 7.03. The standard InChI is InChI=1S/C13H22N4O2S/c1-9(2)17-12(16-6-4-5-10(3)7-16)14-15-13(17)20-8-11(18)19/h9-10H,4-8H2,1-3H3,(H,18,19). The second-order valence-corrected chi connectivity index (χ2v) is 6.56. The Labute approximate surface area is 123 Å². The zero-order valence-corrected chi connectivity index (χ0v) is 13.1. The molecule has 1 unspecified atom stereocenters. The molecule has 112 valence electrons. The van der Waals surface area contributed by atoms with E-state index in [9.17, 15) is 4.79 Å². The van der Waals surface area contributed by atoms with Gasteiger partial charge in [0.1, 0.15) is 0 Å². The highest BCUT2D eigenvalue weighted by atomic mass is 32.2. The number of piperidine rings is 1. The van der Waals surface area contributed by atoms with E-state index in [1.165, 1.54) is 24.6 Å². The number of aromatic nitrogens is 3. The number of carboxylic acids is 1. The van der Waals surface area contributed by atoms with Crippen LogP contribution in [0.2, 0.25) is 0 Å². The summed E-state index contributed by atoms with van der Waals surface area (Å²) in [5.74, 6) is 0.721. The van der Waals surface area contributed by atoms with Gasteiger partial charge in [0, 0.05) is 19.1 Å². The number of hydrogen-bond acceptors (Lipinski definition) is 5. The number of thioether (sulfide) groups is 1. The van der Waals surface area contributed by atoms with E-state index in [-0.39, 0.29) is 11.8 Å². The topological polar surface area (TPSA) is 71.2 Å². The van der Waals surface area contributed by atoms with Gasteiger partial charge in [-0.2, -0.15) is 0 Å². The van der Waals surface area contributed by atoms with Crippen LogP contribution < -0.4 is 4.90 Å². The van der Waals surface area contributed by atoms with Gasteiger partial charge in [-0.25, -0.2) is 0 Å². The van der Waals surface area contributed by atoms with Crippen LogP contribution in [0.5, 0.6) is 0 Å². The molecule has 2 rings (SSSR count). The van der Waals surface area contributed by atoms with Gasteiger partial charge >= 0.3 is 5.97 Å². The summed E-state index contributed by atoms with van der Waals surface area (Å²) in [5.41, 5.74) is 0. The number of carbonyl (C=O) groups is 1. The average Bonchev–Trinajstić information content (AvgIpc) is 2.80. The highest BCUT2D eigenvalue weighted by Gasteiger charge is 2.24. The van der Waals surface area contributed by atoms with Crippen molar-refractivity contribution in [3.8, 4) is 0 Å². The Morgan fingerprint density at radius 2 is 2.25 bits per heavy atom. The van der Waals surface area contributed by atoms with E-state index in [2.05, 4.69) is 35.9 Å². The van der Waals surface area contributed by atoms with E-state index in [0.29, 0.717) is 11.1 Å². The summed E-state index contributed by atoms with van der Waals surface area (Å²) in [4.78, 5) is 13.0. The average molecular weight is 298 g/mol. The van der Waals surface area contributed by atoms with Gasteiger partial charge in [-0.05, 0) is 32.6 Å². The van der Waals surface area contributed by atoms with Crippen molar-refractivity contribution >= 4 is 23.7 Å². The Balaban J connectivity index is 2.21. The van der Waals surface area contributed by atoms with Crippen LogP contribution in [-0.4, -0.2) is 44.7 Å². The van der Waals surface area contributed by atoms with Crippen LogP contribution in [0.25, 0.3) is 0 Å². The fourth-order valence-corrected chi connectivity index (χ4v) is 3.32. The Morgan fingerprint density at radius 3 is 2.85 bits per heavy atom. The third kappa shape index (κ3) is 3.45. The summed E-state index contributed by atoms with van der Waals surface area (Å²) in [7, 11) is 0. The molecule has 6 nitrogen and oxygen atoms in total. The lowest BCUT2D eigenvalue weighted by Crippen LogP contribution is -2.36. The maximum absolute atomic E-state index is 10.7. The summed E-state index contributed by atoms with van der Waals surface area (Å²) in [6.45, 7) is 8.39. The molecule has 1 saturated heterocycles. The minimum absolute atomic E-state index is 0.0151. The Kier molecular flexibility index (Phi) is 4.91. The molecule has 0 bridgehead atoms. The summed E-state index contributed by atoms with van der Waals surface area (Å²) in [6.07, 6.45) is 2.43. The van der Waals surface area contributed by atoms with Gasteiger partial charge < -0.3 is 10.0 Å². The van der Waals surface area contributed by atoms with Gasteiger partial charge in [-0.15, -0.1) is 10.2 Å². The lowest BCUT2D eigenvalue weighted by molar-refractivity contribution is -0.133. The van der Waals surface area contributed by atoms with Crippen molar-refractivity contribution in [1.29, 1.82) is 0 Å². The van der Waals surface area contributed by atoms with Crippen LogP contribution in [-0.2, 0) is 4.79 Å². The fourth-order valence-electron chi connectivity index (χ4n) is 2.53. The minimum Gasteiger partial charge on any atom is -0.481 e. The van der Waals surface area contributed by atoms with Gasteiger partial charge in [0.15, 0.2) is 5.16 Å². The molecule has 0 spiro atoms. The van der Waals surface area contributed by atoms with Gasteiger partial charge in [-0.3, -0.25) is 9.36 Å². The molecule has 1 aromatic rings. The molecule has 1 atom stereocenters. The first kappa shape index (κ1) is 15.2. The minimum atomic E-state index is -0.832. The highest BCUT2D eigenvalue weighted by molar-refractivity contribution is 7.99. The van der Waals surface area contributed by atoms with Crippen molar-refractivity contribution < 1.29 is 9.90 Å². The lowest BCUT2D eigenvalue weighted by atomic mass is 10.0. The molecule has 0 saturated carbocycles. The van der Waals surface area contributed by atoms with Crippen molar-refractivity contribution in [2.45, 2.75) is 44.8 Å². The predicted octanol–water partition coefficient (Wildman–Crippen LogP) is 2.27. The molecule has 1 aliphatic heterocycles. The van der Waals surface area contributed by atoms with Crippen molar-refractivity contribution in [2.24, 2.45) is 5.92 Å². The van der Waals surface area contributed by atoms with Crippen LogP contribution in [0.3, 0.4) is 0 Å². The third-order valence-electron chi connectivity index (χ3n) is 3.43. The Bertz CT molecular complexity index is 475. The molecule has 0 aromatic carbocycles. The molecule has 1 aromatic heterocycles. The van der Waals surface area contributed by atoms with E-state index in [1.807, 2.05) is 4.57 Å². The van der Waals surface area contributed by atoms with Crippen molar-refractivity contribution in [3.63, 3.8) is 0 Å². The highest BCUT2D eigenvalue weighted by Crippen LogP contribution is 2.28. The van der Waals surface area contributed by atoms with Gasteiger partial charge in [0.05, 0.1) is 5.75 Å². The van der Waals surface area contributed by atoms with E-state index in [0.717, 1.165) is 19.0 Å².